The lowest BCUT2D eigenvalue weighted by Crippen LogP contribution is -2.00. The molecule has 0 aliphatic heterocycles. The van der Waals surface area contributed by atoms with Crippen molar-refractivity contribution in [2.24, 2.45) is 0 Å². The lowest BCUT2D eigenvalue weighted by atomic mass is 10.1. The first-order chi connectivity index (χ1) is 9.84. The molecule has 2 aromatic carbocycles. The summed E-state index contributed by atoms with van der Waals surface area (Å²) in [4.78, 5) is 16.1. The van der Waals surface area contributed by atoms with Crippen LogP contribution in [0.5, 0.6) is 0 Å². The number of aromatic nitrogens is 2. The van der Waals surface area contributed by atoms with Crippen molar-refractivity contribution >= 4 is 0 Å². The van der Waals surface area contributed by atoms with Crippen LogP contribution in [-0.4, -0.2) is 9.97 Å². The summed E-state index contributed by atoms with van der Waals surface area (Å²) in [6.07, 6.45) is 3.90. The van der Waals surface area contributed by atoms with Crippen molar-refractivity contribution in [3.05, 3.63) is 88.6 Å². The number of hydrogen-bond donors (Lipinski definition) is 1. The first kappa shape index (κ1) is 12.4. The summed E-state index contributed by atoms with van der Waals surface area (Å²) in [5.41, 5.74) is 5.64. The summed E-state index contributed by atoms with van der Waals surface area (Å²) in [7, 11) is 0. The predicted molar refractivity (Wildman–Crippen MR) is 79.5 cm³/mol. The molecule has 4 rings (SSSR count). The van der Waals surface area contributed by atoms with Crippen molar-refractivity contribution in [1.82, 2.24) is 9.97 Å². The van der Waals surface area contributed by atoms with E-state index in [2.05, 4.69) is 58.5 Å². The van der Waals surface area contributed by atoms with Crippen LogP contribution in [0.3, 0.4) is 0 Å². The molecule has 3 aromatic rings. The molecule has 20 heavy (non-hydrogen) atoms. The topological polar surface area (TPSA) is 45.8 Å². The van der Waals surface area contributed by atoms with E-state index < -0.39 is 0 Å². The van der Waals surface area contributed by atoms with Gasteiger partial charge in [0.15, 0.2) is 0 Å². The molecule has 1 aliphatic carbocycles. The Morgan fingerprint density at radius 1 is 0.850 bits per heavy atom. The van der Waals surface area contributed by atoms with Crippen LogP contribution < -0.4 is 5.56 Å². The highest BCUT2D eigenvalue weighted by atomic mass is 16.1. The Hall–Kier alpha value is -2.68. The predicted octanol–water partition coefficient (Wildman–Crippen LogP) is 3.03. The van der Waals surface area contributed by atoms with Crippen LogP contribution >= 0.6 is 0 Å². The van der Waals surface area contributed by atoms with E-state index in [0.717, 1.165) is 6.42 Å². The van der Waals surface area contributed by atoms with Crippen LogP contribution in [0.15, 0.2) is 71.9 Å². The van der Waals surface area contributed by atoms with Gasteiger partial charge < -0.3 is 4.98 Å². The molecule has 0 amide bonds. The maximum absolute atomic E-state index is 10.2. The molecule has 0 spiro atoms. The van der Waals surface area contributed by atoms with E-state index in [1.807, 2.05) is 0 Å². The third-order valence-electron chi connectivity index (χ3n) is 3.30. The molecule has 1 aromatic heterocycles. The zero-order valence-electron chi connectivity index (χ0n) is 10.9. The average molecular weight is 262 g/mol. The van der Waals surface area contributed by atoms with E-state index in [1.165, 1.54) is 40.8 Å². The Morgan fingerprint density at radius 3 is 1.90 bits per heavy atom. The van der Waals surface area contributed by atoms with Gasteiger partial charge in [-0.05, 0) is 28.7 Å². The first-order valence-electron chi connectivity index (χ1n) is 6.49. The largest absolute Gasteiger partial charge is 0.313 e. The molecule has 0 atom stereocenters. The van der Waals surface area contributed by atoms with Crippen LogP contribution in [0.2, 0.25) is 0 Å². The monoisotopic (exact) mass is 262 g/mol. The van der Waals surface area contributed by atoms with Gasteiger partial charge in [0.1, 0.15) is 0 Å². The molecular weight excluding hydrogens is 248 g/mol. The van der Waals surface area contributed by atoms with Crippen LogP contribution in [-0.2, 0) is 6.42 Å². The zero-order chi connectivity index (χ0) is 13.8. The number of nitrogens with zero attached hydrogens (tertiary/aromatic N) is 1. The highest BCUT2D eigenvalue weighted by Crippen LogP contribution is 2.35. The van der Waals surface area contributed by atoms with Gasteiger partial charge in [-0.15, -0.1) is 0 Å². The van der Waals surface area contributed by atoms with Crippen LogP contribution in [0, 0.1) is 0 Å². The first-order valence-corrected chi connectivity index (χ1v) is 6.49. The fourth-order valence-corrected chi connectivity index (χ4v) is 2.38. The van der Waals surface area contributed by atoms with E-state index in [-0.39, 0.29) is 5.56 Å². The Labute approximate surface area is 117 Å². The molecule has 0 saturated heterocycles. The van der Waals surface area contributed by atoms with Gasteiger partial charge in [-0.25, -0.2) is 4.98 Å². The molecule has 1 aliphatic rings. The maximum Gasteiger partial charge on any atom is 0.250 e. The summed E-state index contributed by atoms with van der Waals surface area (Å²) in [5, 5.41) is 0. The molecule has 1 heterocycles. The van der Waals surface area contributed by atoms with Crippen LogP contribution in [0.1, 0.15) is 11.1 Å². The van der Waals surface area contributed by atoms with E-state index >= 15 is 0 Å². The summed E-state index contributed by atoms with van der Waals surface area (Å²) in [6.45, 7) is 0. The molecule has 1 N–H and O–H groups in total. The minimum atomic E-state index is -0.116. The minimum absolute atomic E-state index is 0.116. The second kappa shape index (κ2) is 5.53. The molecule has 3 heteroatoms. The summed E-state index contributed by atoms with van der Waals surface area (Å²) < 4.78 is 0. The van der Waals surface area contributed by atoms with Gasteiger partial charge in [0.25, 0.3) is 5.56 Å². The Morgan fingerprint density at radius 2 is 1.45 bits per heavy atom. The Kier molecular flexibility index (Phi) is 3.42. The van der Waals surface area contributed by atoms with Crippen molar-refractivity contribution < 1.29 is 0 Å². The summed E-state index contributed by atoms with van der Waals surface area (Å²) in [5.74, 6) is 0. The lowest BCUT2D eigenvalue weighted by Gasteiger charge is -1.98. The second-order valence-corrected chi connectivity index (χ2v) is 4.59. The third kappa shape index (κ3) is 2.52. The van der Waals surface area contributed by atoms with Crippen LogP contribution in [0.4, 0.5) is 0 Å². The lowest BCUT2D eigenvalue weighted by molar-refractivity contribution is 1.12. The number of hydrogen-bond acceptors (Lipinski definition) is 2. The molecule has 0 fully saturated rings. The molecule has 0 unspecified atom stereocenters. The van der Waals surface area contributed by atoms with Crippen LogP contribution in [0.25, 0.3) is 11.1 Å². The van der Waals surface area contributed by atoms with Gasteiger partial charge in [-0.1, -0.05) is 48.5 Å². The quantitative estimate of drug-likeness (QED) is 0.529. The summed E-state index contributed by atoms with van der Waals surface area (Å²) >= 11 is 0. The smallest absolute Gasteiger partial charge is 0.250 e. The molecule has 98 valence electrons. The molecule has 0 bridgehead atoms. The van der Waals surface area contributed by atoms with E-state index in [0.29, 0.717) is 0 Å². The number of H-pyrrole nitrogens is 1. The average Bonchev–Trinajstić information content (AvgIpc) is 2.87. The van der Waals surface area contributed by atoms with Gasteiger partial charge in [-0.2, -0.15) is 0 Å². The van der Waals surface area contributed by atoms with Gasteiger partial charge in [0.05, 0.1) is 6.33 Å². The van der Waals surface area contributed by atoms with Gasteiger partial charge in [0, 0.05) is 12.3 Å². The number of nitrogens with one attached hydrogen (secondary N) is 1. The summed E-state index contributed by atoms with van der Waals surface area (Å²) in [6, 6.07) is 18.7. The van der Waals surface area contributed by atoms with Crippen molar-refractivity contribution in [3.63, 3.8) is 0 Å². The van der Waals surface area contributed by atoms with Crippen molar-refractivity contribution in [2.45, 2.75) is 6.42 Å². The SMILES string of the molecule is O=c1ccnc[nH]1.c1ccc2c(c1)Cc1ccccc1-2. The zero-order valence-corrected chi connectivity index (χ0v) is 10.9. The van der Waals surface area contributed by atoms with Crippen molar-refractivity contribution in [3.8, 4) is 11.1 Å². The number of benzene rings is 2. The third-order valence-corrected chi connectivity index (χ3v) is 3.30. The van der Waals surface area contributed by atoms with Crippen molar-refractivity contribution in [2.75, 3.05) is 0 Å². The minimum Gasteiger partial charge on any atom is -0.313 e. The number of rotatable bonds is 0. The maximum atomic E-state index is 10.2. The fraction of sp³-hybridized carbons (Fsp3) is 0.0588. The normalized spacial score (nSPS) is 11.0. The van der Waals surface area contributed by atoms with E-state index in [9.17, 15) is 4.79 Å². The highest BCUT2D eigenvalue weighted by Gasteiger charge is 2.15. The molecule has 3 nitrogen and oxygen atoms in total. The van der Waals surface area contributed by atoms with E-state index in [4.69, 9.17) is 0 Å². The molecule has 0 radical (unpaired) electrons. The fourth-order valence-electron chi connectivity index (χ4n) is 2.38. The van der Waals surface area contributed by atoms with E-state index in [1.54, 1.807) is 0 Å². The Balaban J connectivity index is 0.000000147. The standard InChI is InChI=1S/C13H10.C4H4N2O/c1-3-7-12-10(5-1)9-11-6-2-4-8-13(11)12;7-4-1-2-5-3-6-4/h1-8H,9H2;1-3H,(H,5,6,7). The van der Waals surface area contributed by atoms with Crippen molar-refractivity contribution in [1.29, 1.82) is 0 Å². The molecule has 0 saturated carbocycles. The number of fused-ring (bicyclic) bond motifs is 3. The number of aromatic amines is 1. The van der Waals surface area contributed by atoms with Gasteiger partial charge in [-0.3, -0.25) is 4.79 Å². The molecular formula is C17H14N2O. The second-order valence-electron chi connectivity index (χ2n) is 4.59. The highest BCUT2D eigenvalue weighted by molar-refractivity contribution is 5.76. The Bertz CT molecular complexity index is 716. The van der Waals surface area contributed by atoms with Gasteiger partial charge >= 0.3 is 0 Å². The van der Waals surface area contributed by atoms with Gasteiger partial charge in [0.2, 0.25) is 0 Å².